The lowest BCUT2D eigenvalue weighted by atomic mass is 10.1. The quantitative estimate of drug-likeness (QED) is 0.296. The molecule has 6 nitrogen and oxygen atoms in total. The lowest BCUT2D eigenvalue weighted by Crippen LogP contribution is -1.97. The standard InChI is InChI=1S/C13H9NO5S/c15-11(4-3-9-2-1-5-20-9)8-6-10(14(18)19)13(17)12(16)7-8/h1-7,16-17H/b4-3+. The number of hydrogen-bond donors (Lipinski definition) is 2. The minimum absolute atomic E-state index is 0.0696. The summed E-state index contributed by atoms with van der Waals surface area (Å²) in [5.41, 5.74) is -0.780. The summed E-state index contributed by atoms with van der Waals surface area (Å²) in [6.07, 6.45) is 2.82. The Labute approximate surface area is 117 Å². The summed E-state index contributed by atoms with van der Waals surface area (Å²) in [5, 5.41) is 31.3. The highest BCUT2D eigenvalue weighted by atomic mass is 32.1. The van der Waals surface area contributed by atoms with Gasteiger partial charge in [0, 0.05) is 16.5 Å². The molecule has 0 aliphatic heterocycles. The van der Waals surface area contributed by atoms with Crippen molar-refractivity contribution >= 4 is 28.9 Å². The van der Waals surface area contributed by atoms with Crippen molar-refractivity contribution in [1.82, 2.24) is 0 Å². The van der Waals surface area contributed by atoms with E-state index in [1.54, 1.807) is 6.08 Å². The van der Waals surface area contributed by atoms with Gasteiger partial charge < -0.3 is 10.2 Å². The van der Waals surface area contributed by atoms with E-state index in [1.807, 2.05) is 17.5 Å². The van der Waals surface area contributed by atoms with Crippen LogP contribution in [0.25, 0.3) is 6.08 Å². The highest BCUT2D eigenvalue weighted by Gasteiger charge is 2.20. The minimum atomic E-state index is -0.866. The number of nitro benzene ring substituents is 1. The summed E-state index contributed by atoms with van der Waals surface area (Å²) >= 11 is 1.44. The smallest absolute Gasteiger partial charge is 0.315 e. The van der Waals surface area contributed by atoms with E-state index in [0.29, 0.717) is 0 Å². The lowest BCUT2D eigenvalue weighted by molar-refractivity contribution is -0.386. The van der Waals surface area contributed by atoms with E-state index in [1.165, 1.54) is 17.4 Å². The number of allylic oxidation sites excluding steroid dienone is 1. The average Bonchev–Trinajstić information content (AvgIpc) is 2.91. The number of thiophene rings is 1. The highest BCUT2D eigenvalue weighted by Crippen LogP contribution is 2.36. The Hall–Kier alpha value is -2.67. The van der Waals surface area contributed by atoms with Crippen molar-refractivity contribution in [2.24, 2.45) is 0 Å². The Balaban J connectivity index is 2.33. The van der Waals surface area contributed by atoms with Crippen molar-refractivity contribution in [2.45, 2.75) is 0 Å². The molecule has 1 aromatic carbocycles. The summed E-state index contributed by atoms with van der Waals surface area (Å²) in [6, 6.07) is 5.55. The van der Waals surface area contributed by atoms with E-state index >= 15 is 0 Å². The van der Waals surface area contributed by atoms with Gasteiger partial charge in [0.25, 0.3) is 0 Å². The van der Waals surface area contributed by atoms with Crippen LogP contribution >= 0.6 is 11.3 Å². The molecule has 0 aliphatic carbocycles. The van der Waals surface area contributed by atoms with Gasteiger partial charge in [-0.1, -0.05) is 6.07 Å². The average molecular weight is 291 g/mol. The van der Waals surface area contributed by atoms with Crippen LogP contribution in [0.5, 0.6) is 11.5 Å². The first-order valence-corrected chi connectivity index (χ1v) is 6.33. The molecule has 0 fully saturated rings. The first kappa shape index (κ1) is 13.8. The summed E-state index contributed by atoms with van der Waals surface area (Å²) in [4.78, 5) is 22.6. The fraction of sp³-hybridized carbons (Fsp3) is 0. The predicted molar refractivity (Wildman–Crippen MR) is 74.1 cm³/mol. The molecule has 2 aromatic rings. The molecule has 0 saturated carbocycles. The molecule has 1 aromatic heterocycles. The Bertz CT molecular complexity index is 691. The predicted octanol–water partition coefficient (Wildman–Crippen LogP) is 2.96. The van der Waals surface area contributed by atoms with Crippen molar-refractivity contribution in [2.75, 3.05) is 0 Å². The summed E-state index contributed by atoms with van der Waals surface area (Å²) in [5.74, 6) is -2.06. The zero-order valence-electron chi connectivity index (χ0n) is 10.0. The molecule has 20 heavy (non-hydrogen) atoms. The molecule has 2 N–H and O–H groups in total. The van der Waals surface area contributed by atoms with Crippen LogP contribution < -0.4 is 0 Å². The van der Waals surface area contributed by atoms with Crippen LogP contribution in [0.1, 0.15) is 15.2 Å². The number of carbonyl (C=O) groups is 1. The molecule has 0 aliphatic rings. The maximum absolute atomic E-state index is 11.9. The normalized spacial score (nSPS) is 10.8. The van der Waals surface area contributed by atoms with Crippen molar-refractivity contribution in [3.63, 3.8) is 0 Å². The number of aromatic hydroxyl groups is 2. The third-order valence-electron chi connectivity index (χ3n) is 2.49. The van der Waals surface area contributed by atoms with Gasteiger partial charge in [0.1, 0.15) is 0 Å². The van der Waals surface area contributed by atoms with Gasteiger partial charge in [0.2, 0.25) is 5.75 Å². The minimum Gasteiger partial charge on any atom is -0.504 e. The number of phenols is 2. The van der Waals surface area contributed by atoms with Gasteiger partial charge >= 0.3 is 5.69 Å². The van der Waals surface area contributed by atoms with Crippen molar-refractivity contribution in [1.29, 1.82) is 0 Å². The van der Waals surface area contributed by atoms with Crippen LogP contribution in [0.2, 0.25) is 0 Å². The van der Waals surface area contributed by atoms with Gasteiger partial charge in [-0.05, 0) is 29.7 Å². The molecule has 1 heterocycles. The fourth-order valence-corrected chi connectivity index (χ4v) is 2.14. The maximum atomic E-state index is 11.9. The van der Waals surface area contributed by atoms with Gasteiger partial charge in [-0.2, -0.15) is 0 Å². The van der Waals surface area contributed by atoms with Gasteiger partial charge in [0.15, 0.2) is 11.5 Å². The summed E-state index contributed by atoms with van der Waals surface area (Å²) in [6.45, 7) is 0. The molecular weight excluding hydrogens is 282 g/mol. The number of nitro groups is 1. The van der Waals surface area contributed by atoms with E-state index in [0.717, 1.165) is 17.0 Å². The Kier molecular flexibility index (Phi) is 3.81. The monoisotopic (exact) mass is 291 g/mol. The van der Waals surface area contributed by atoms with Crippen LogP contribution in [-0.4, -0.2) is 20.9 Å². The van der Waals surface area contributed by atoms with E-state index < -0.39 is 27.9 Å². The molecule has 0 spiro atoms. The number of ketones is 1. The Morgan fingerprint density at radius 1 is 1.35 bits per heavy atom. The van der Waals surface area contributed by atoms with E-state index in [9.17, 15) is 25.1 Å². The van der Waals surface area contributed by atoms with Crippen LogP contribution in [0.4, 0.5) is 5.69 Å². The summed E-state index contributed by atoms with van der Waals surface area (Å²) in [7, 11) is 0. The second-order valence-electron chi connectivity index (χ2n) is 3.83. The third kappa shape index (κ3) is 2.83. The molecule has 0 radical (unpaired) electrons. The molecule has 102 valence electrons. The lowest BCUT2D eigenvalue weighted by Gasteiger charge is -2.01. The van der Waals surface area contributed by atoms with Crippen molar-refractivity contribution < 1.29 is 19.9 Å². The number of benzene rings is 1. The third-order valence-corrected chi connectivity index (χ3v) is 3.33. The Morgan fingerprint density at radius 3 is 2.70 bits per heavy atom. The van der Waals surface area contributed by atoms with Crippen LogP contribution in [-0.2, 0) is 0 Å². The maximum Gasteiger partial charge on any atom is 0.315 e. The molecular formula is C13H9NO5S. The number of hydrogen-bond acceptors (Lipinski definition) is 6. The van der Waals surface area contributed by atoms with Gasteiger partial charge in [-0.15, -0.1) is 11.3 Å². The molecule has 0 atom stereocenters. The SMILES string of the molecule is O=C(/C=C/c1cccs1)c1cc(O)c(O)c([N+](=O)[O-])c1. The molecule has 0 amide bonds. The van der Waals surface area contributed by atoms with Gasteiger partial charge in [0.05, 0.1) is 4.92 Å². The second-order valence-corrected chi connectivity index (χ2v) is 4.81. The zero-order chi connectivity index (χ0) is 14.7. The Morgan fingerprint density at radius 2 is 2.10 bits per heavy atom. The molecule has 0 saturated heterocycles. The fourth-order valence-electron chi connectivity index (χ4n) is 1.53. The first-order valence-electron chi connectivity index (χ1n) is 5.45. The van der Waals surface area contributed by atoms with Crippen LogP contribution in [0, 0.1) is 10.1 Å². The van der Waals surface area contributed by atoms with Gasteiger partial charge in [-0.25, -0.2) is 0 Å². The van der Waals surface area contributed by atoms with Crippen molar-refractivity contribution in [3.8, 4) is 11.5 Å². The number of rotatable bonds is 4. The van der Waals surface area contributed by atoms with Crippen molar-refractivity contribution in [3.05, 3.63) is 56.3 Å². The first-order chi connectivity index (χ1) is 9.49. The molecule has 0 bridgehead atoms. The van der Waals surface area contributed by atoms with E-state index in [2.05, 4.69) is 0 Å². The second kappa shape index (κ2) is 5.54. The van der Waals surface area contributed by atoms with Gasteiger partial charge in [-0.3, -0.25) is 14.9 Å². The molecule has 2 rings (SSSR count). The highest BCUT2D eigenvalue weighted by molar-refractivity contribution is 7.10. The summed E-state index contributed by atoms with van der Waals surface area (Å²) < 4.78 is 0. The molecule has 0 unspecified atom stereocenters. The van der Waals surface area contributed by atoms with E-state index in [-0.39, 0.29) is 5.56 Å². The van der Waals surface area contributed by atoms with Crippen LogP contribution in [0.15, 0.2) is 35.7 Å². The molecule has 7 heteroatoms. The number of carbonyl (C=O) groups excluding carboxylic acids is 1. The topological polar surface area (TPSA) is 101 Å². The number of phenolic OH excluding ortho intramolecular Hbond substituents is 2. The number of nitrogens with zero attached hydrogens (tertiary/aromatic N) is 1. The van der Waals surface area contributed by atoms with E-state index in [4.69, 9.17) is 0 Å². The van der Waals surface area contributed by atoms with Crippen LogP contribution in [0.3, 0.4) is 0 Å². The largest absolute Gasteiger partial charge is 0.504 e. The zero-order valence-corrected chi connectivity index (χ0v) is 10.8.